The maximum atomic E-state index is 12.9. The van der Waals surface area contributed by atoms with Crippen molar-refractivity contribution in [1.82, 2.24) is 10.2 Å². The number of carbonyl (C=O) groups is 2. The van der Waals surface area contributed by atoms with E-state index in [0.29, 0.717) is 35.2 Å². The van der Waals surface area contributed by atoms with Crippen molar-refractivity contribution in [2.45, 2.75) is 46.6 Å². The summed E-state index contributed by atoms with van der Waals surface area (Å²) in [5, 5.41) is 6.03. The summed E-state index contributed by atoms with van der Waals surface area (Å²) in [5.74, 6) is 1.04. The molecule has 0 saturated carbocycles. The first-order valence-corrected chi connectivity index (χ1v) is 11.2. The smallest absolute Gasteiger partial charge is 0.255 e. The fourth-order valence-electron chi connectivity index (χ4n) is 4.35. The fourth-order valence-corrected chi connectivity index (χ4v) is 4.35. The molecule has 1 heterocycles. The van der Waals surface area contributed by atoms with Crippen LogP contribution in [0.3, 0.4) is 0 Å². The Labute approximate surface area is 186 Å². The number of carbonyl (C=O) groups excluding carboxylic acids is 2. The van der Waals surface area contributed by atoms with E-state index in [1.54, 1.807) is 24.3 Å². The molecular formula is C26H35N3O2. The van der Waals surface area contributed by atoms with Crippen molar-refractivity contribution in [3.8, 4) is 0 Å². The SMILES string of the molecule is Cc1ccc(C(=O)NCC(C)(C)N2CC(C)CC(C)C2)cc1NC(=O)c1ccccc1. The molecule has 2 aromatic rings. The van der Waals surface area contributed by atoms with E-state index >= 15 is 0 Å². The Morgan fingerprint density at radius 3 is 2.26 bits per heavy atom. The normalized spacial score (nSPS) is 19.6. The van der Waals surface area contributed by atoms with Gasteiger partial charge in [0.05, 0.1) is 0 Å². The molecule has 3 rings (SSSR count). The molecule has 31 heavy (non-hydrogen) atoms. The number of nitrogens with one attached hydrogen (secondary N) is 2. The molecule has 0 radical (unpaired) electrons. The molecule has 166 valence electrons. The number of hydrogen-bond donors (Lipinski definition) is 2. The van der Waals surface area contributed by atoms with E-state index in [1.165, 1.54) is 6.42 Å². The molecule has 2 aromatic carbocycles. The molecule has 2 N–H and O–H groups in total. The van der Waals surface area contributed by atoms with Gasteiger partial charge in [0.1, 0.15) is 0 Å². The third-order valence-corrected chi connectivity index (χ3v) is 6.19. The predicted molar refractivity (Wildman–Crippen MR) is 127 cm³/mol. The molecule has 5 heteroatoms. The van der Waals surface area contributed by atoms with Crippen LogP contribution in [0.1, 0.15) is 60.4 Å². The van der Waals surface area contributed by atoms with Crippen LogP contribution in [0.15, 0.2) is 48.5 Å². The molecule has 1 fully saturated rings. The van der Waals surface area contributed by atoms with Crippen LogP contribution in [0.25, 0.3) is 0 Å². The fraction of sp³-hybridized carbons (Fsp3) is 0.462. The Bertz CT molecular complexity index is 914. The lowest BCUT2D eigenvalue weighted by molar-refractivity contribution is 0.0445. The largest absolute Gasteiger partial charge is 0.350 e. The summed E-state index contributed by atoms with van der Waals surface area (Å²) < 4.78 is 0. The van der Waals surface area contributed by atoms with Crippen molar-refractivity contribution < 1.29 is 9.59 Å². The van der Waals surface area contributed by atoms with Crippen LogP contribution in [0.5, 0.6) is 0 Å². The minimum atomic E-state index is -0.185. The van der Waals surface area contributed by atoms with Crippen LogP contribution < -0.4 is 10.6 Å². The minimum absolute atomic E-state index is 0.117. The molecule has 2 unspecified atom stereocenters. The maximum Gasteiger partial charge on any atom is 0.255 e. The standard InChI is InChI=1S/C26H35N3O2/c1-18-13-19(2)16-29(15-18)26(4,5)17-27-24(30)22-12-11-20(3)23(14-22)28-25(31)21-9-7-6-8-10-21/h6-12,14,18-19H,13,15-17H2,1-5H3,(H,27,30)(H,28,31). The predicted octanol–water partition coefficient (Wildman–Crippen LogP) is 4.73. The zero-order valence-corrected chi connectivity index (χ0v) is 19.4. The van der Waals surface area contributed by atoms with Gasteiger partial charge in [-0.05, 0) is 68.9 Å². The molecule has 1 aliphatic heterocycles. The first kappa shape index (κ1) is 23.0. The molecule has 0 aliphatic carbocycles. The van der Waals surface area contributed by atoms with Gasteiger partial charge in [-0.2, -0.15) is 0 Å². The summed E-state index contributed by atoms with van der Waals surface area (Å²) >= 11 is 0. The first-order valence-electron chi connectivity index (χ1n) is 11.2. The van der Waals surface area contributed by atoms with Crippen LogP contribution in [0.4, 0.5) is 5.69 Å². The molecule has 1 saturated heterocycles. The van der Waals surface area contributed by atoms with Crippen LogP contribution in [-0.4, -0.2) is 41.9 Å². The molecule has 1 aliphatic rings. The number of hydrogen-bond acceptors (Lipinski definition) is 3. The number of benzene rings is 2. The van der Waals surface area contributed by atoms with Crippen molar-refractivity contribution in [2.24, 2.45) is 11.8 Å². The monoisotopic (exact) mass is 421 g/mol. The Morgan fingerprint density at radius 1 is 0.968 bits per heavy atom. The van der Waals surface area contributed by atoms with Crippen molar-refractivity contribution in [3.63, 3.8) is 0 Å². The topological polar surface area (TPSA) is 61.4 Å². The van der Waals surface area contributed by atoms with Crippen molar-refractivity contribution in [3.05, 3.63) is 65.2 Å². The number of nitrogens with zero attached hydrogens (tertiary/aromatic N) is 1. The highest BCUT2D eigenvalue weighted by Gasteiger charge is 2.33. The quantitative estimate of drug-likeness (QED) is 0.709. The van der Waals surface area contributed by atoms with E-state index in [-0.39, 0.29) is 17.4 Å². The summed E-state index contributed by atoms with van der Waals surface area (Å²) in [6.45, 7) is 13.6. The summed E-state index contributed by atoms with van der Waals surface area (Å²) in [6.07, 6.45) is 1.26. The van der Waals surface area contributed by atoms with Gasteiger partial charge in [0, 0.05) is 42.0 Å². The van der Waals surface area contributed by atoms with Crippen molar-refractivity contribution >= 4 is 17.5 Å². The summed E-state index contributed by atoms with van der Waals surface area (Å²) in [6, 6.07) is 14.5. The Kier molecular flexibility index (Phi) is 7.16. The van der Waals surface area contributed by atoms with Crippen LogP contribution in [0, 0.1) is 18.8 Å². The molecule has 0 spiro atoms. The molecule has 2 atom stereocenters. The molecular weight excluding hydrogens is 386 g/mol. The van der Waals surface area contributed by atoms with E-state index in [2.05, 4.69) is 43.2 Å². The lowest BCUT2D eigenvalue weighted by atomic mass is 9.88. The first-order chi connectivity index (χ1) is 14.7. The number of amides is 2. The van der Waals surface area contributed by atoms with Crippen molar-refractivity contribution in [2.75, 3.05) is 25.0 Å². The Balaban J connectivity index is 1.65. The third kappa shape index (κ3) is 5.95. The highest BCUT2D eigenvalue weighted by molar-refractivity contribution is 6.05. The van der Waals surface area contributed by atoms with Crippen LogP contribution >= 0.6 is 0 Å². The zero-order chi connectivity index (χ0) is 22.6. The van der Waals surface area contributed by atoms with Gasteiger partial charge in [0.25, 0.3) is 11.8 Å². The Morgan fingerprint density at radius 2 is 1.61 bits per heavy atom. The van der Waals surface area contributed by atoms with Crippen LogP contribution in [0.2, 0.25) is 0 Å². The van der Waals surface area contributed by atoms with E-state index in [9.17, 15) is 9.59 Å². The van der Waals surface area contributed by atoms with E-state index < -0.39 is 0 Å². The average Bonchev–Trinajstić information content (AvgIpc) is 2.73. The summed E-state index contributed by atoms with van der Waals surface area (Å²) in [5.41, 5.74) is 2.58. The number of aryl methyl sites for hydroxylation is 1. The molecule has 2 amide bonds. The molecule has 0 bridgehead atoms. The number of anilines is 1. The van der Waals surface area contributed by atoms with Crippen LogP contribution in [-0.2, 0) is 0 Å². The third-order valence-electron chi connectivity index (χ3n) is 6.19. The maximum absolute atomic E-state index is 12.9. The van der Waals surface area contributed by atoms with E-state index in [0.717, 1.165) is 18.7 Å². The average molecular weight is 422 g/mol. The lowest BCUT2D eigenvalue weighted by Crippen LogP contribution is -2.56. The van der Waals surface area contributed by atoms with Gasteiger partial charge in [-0.3, -0.25) is 14.5 Å². The van der Waals surface area contributed by atoms with Gasteiger partial charge in [0.2, 0.25) is 0 Å². The second-order valence-electron chi connectivity index (χ2n) is 9.70. The van der Waals surface area contributed by atoms with E-state index in [4.69, 9.17) is 0 Å². The Hall–Kier alpha value is -2.66. The van der Waals surface area contributed by atoms with Gasteiger partial charge in [-0.25, -0.2) is 0 Å². The second-order valence-corrected chi connectivity index (χ2v) is 9.70. The highest BCUT2D eigenvalue weighted by atomic mass is 16.2. The molecule has 5 nitrogen and oxygen atoms in total. The van der Waals surface area contributed by atoms with Gasteiger partial charge in [0.15, 0.2) is 0 Å². The van der Waals surface area contributed by atoms with Gasteiger partial charge < -0.3 is 10.6 Å². The summed E-state index contributed by atoms with van der Waals surface area (Å²) in [7, 11) is 0. The molecule has 0 aromatic heterocycles. The number of rotatable bonds is 6. The zero-order valence-electron chi connectivity index (χ0n) is 19.4. The van der Waals surface area contributed by atoms with Gasteiger partial charge >= 0.3 is 0 Å². The van der Waals surface area contributed by atoms with E-state index in [1.807, 2.05) is 31.2 Å². The van der Waals surface area contributed by atoms with Gasteiger partial charge in [-0.15, -0.1) is 0 Å². The highest BCUT2D eigenvalue weighted by Crippen LogP contribution is 2.27. The number of likely N-dealkylation sites (tertiary alicyclic amines) is 1. The van der Waals surface area contributed by atoms with Gasteiger partial charge in [-0.1, -0.05) is 38.1 Å². The second kappa shape index (κ2) is 9.65. The number of piperidine rings is 1. The lowest BCUT2D eigenvalue weighted by Gasteiger charge is -2.45. The minimum Gasteiger partial charge on any atom is -0.350 e. The van der Waals surface area contributed by atoms with Crippen molar-refractivity contribution in [1.29, 1.82) is 0 Å². The summed E-state index contributed by atoms with van der Waals surface area (Å²) in [4.78, 5) is 27.9.